The molecule has 0 aliphatic heterocycles. The predicted molar refractivity (Wildman–Crippen MR) is 73.5 cm³/mol. The molecule has 0 unspecified atom stereocenters. The molecule has 2 rings (SSSR count). The van der Waals surface area contributed by atoms with Crippen LogP contribution in [0.25, 0.3) is 11.4 Å². The molecule has 0 aliphatic carbocycles. The Morgan fingerprint density at radius 3 is 2.74 bits per heavy atom. The van der Waals surface area contributed by atoms with Crippen molar-refractivity contribution in [3.05, 3.63) is 48.3 Å². The second-order valence-corrected chi connectivity index (χ2v) is 3.84. The van der Waals surface area contributed by atoms with E-state index in [-0.39, 0.29) is 5.91 Å². The van der Waals surface area contributed by atoms with Crippen LogP contribution < -0.4 is 5.43 Å². The van der Waals surface area contributed by atoms with Gasteiger partial charge in [-0.25, -0.2) is 5.43 Å². The lowest BCUT2D eigenvalue weighted by molar-refractivity contribution is -0.120. The van der Waals surface area contributed by atoms with Crippen LogP contribution in [0.2, 0.25) is 0 Å². The summed E-state index contributed by atoms with van der Waals surface area (Å²) in [6.07, 6.45) is 5.38. The highest BCUT2D eigenvalue weighted by molar-refractivity contribution is 5.82. The molecule has 0 aliphatic rings. The Balaban J connectivity index is 2.05. The molecule has 0 saturated heterocycles. The molecule has 1 amide bonds. The zero-order valence-corrected chi connectivity index (χ0v) is 10.6. The lowest BCUT2D eigenvalue weighted by Crippen LogP contribution is -2.15. The van der Waals surface area contributed by atoms with Crippen molar-refractivity contribution in [3.63, 3.8) is 0 Å². The molecule has 0 fully saturated rings. The van der Waals surface area contributed by atoms with Gasteiger partial charge in [0.15, 0.2) is 0 Å². The Labute approximate surface area is 111 Å². The Hall–Kier alpha value is -2.56. The van der Waals surface area contributed by atoms with Gasteiger partial charge in [-0.1, -0.05) is 13.0 Å². The van der Waals surface area contributed by atoms with Gasteiger partial charge in [-0.05, 0) is 24.3 Å². The second-order valence-electron chi connectivity index (χ2n) is 3.84. The van der Waals surface area contributed by atoms with E-state index in [1.165, 1.54) is 0 Å². The summed E-state index contributed by atoms with van der Waals surface area (Å²) in [5, 5.41) is 3.83. The number of hydrogen-bond donors (Lipinski definition) is 1. The van der Waals surface area contributed by atoms with Crippen molar-refractivity contribution in [2.75, 3.05) is 0 Å². The highest BCUT2D eigenvalue weighted by Crippen LogP contribution is 2.12. The fraction of sp³-hybridized carbons (Fsp3) is 0.143. The molecule has 5 nitrogen and oxygen atoms in total. The van der Waals surface area contributed by atoms with Gasteiger partial charge in [-0.3, -0.25) is 14.8 Å². The first-order chi connectivity index (χ1) is 9.29. The molecule has 1 N–H and O–H groups in total. The largest absolute Gasteiger partial charge is 0.273 e. The van der Waals surface area contributed by atoms with Crippen LogP contribution in [-0.4, -0.2) is 22.1 Å². The van der Waals surface area contributed by atoms with Crippen molar-refractivity contribution in [2.45, 2.75) is 13.3 Å². The molecule has 0 atom stereocenters. The van der Waals surface area contributed by atoms with Crippen molar-refractivity contribution in [1.29, 1.82) is 0 Å². The van der Waals surface area contributed by atoms with Gasteiger partial charge in [0.25, 0.3) is 0 Å². The maximum absolute atomic E-state index is 11.0. The molecule has 0 bridgehead atoms. The number of hydrazone groups is 1. The summed E-state index contributed by atoms with van der Waals surface area (Å²) in [5.74, 6) is -0.116. The summed E-state index contributed by atoms with van der Waals surface area (Å²) in [7, 11) is 0. The van der Waals surface area contributed by atoms with E-state index in [1.807, 2.05) is 30.3 Å². The first-order valence-electron chi connectivity index (χ1n) is 5.99. The highest BCUT2D eigenvalue weighted by atomic mass is 16.2. The minimum Gasteiger partial charge on any atom is -0.273 e. The fourth-order valence-corrected chi connectivity index (χ4v) is 1.41. The van der Waals surface area contributed by atoms with Gasteiger partial charge < -0.3 is 0 Å². The highest BCUT2D eigenvalue weighted by Gasteiger charge is 1.99. The molecule has 2 aromatic heterocycles. The minimum absolute atomic E-state index is 0.116. The summed E-state index contributed by atoms with van der Waals surface area (Å²) >= 11 is 0. The topological polar surface area (TPSA) is 67.2 Å². The average Bonchev–Trinajstić information content (AvgIpc) is 2.48. The molecule has 0 spiro atoms. The number of aromatic nitrogens is 2. The SMILES string of the molecule is CCC(=O)N/N=C/c1ccc(-c2ccccn2)nc1. The maximum atomic E-state index is 11.0. The van der Waals surface area contributed by atoms with E-state index in [0.717, 1.165) is 17.0 Å². The molecule has 19 heavy (non-hydrogen) atoms. The number of pyridine rings is 2. The first-order valence-corrected chi connectivity index (χ1v) is 5.99. The van der Waals surface area contributed by atoms with E-state index in [4.69, 9.17) is 0 Å². The Kier molecular flexibility index (Phi) is 4.34. The zero-order chi connectivity index (χ0) is 13.5. The molecule has 0 radical (unpaired) electrons. The standard InChI is InChI=1S/C14H14N4O/c1-2-14(19)18-17-10-11-6-7-13(16-9-11)12-5-3-4-8-15-12/h3-10H,2H2,1H3,(H,18,19)/b17-10+. The van der Waals surface area contributed by atoms with Crippen LogP contribution in [0, 0.1) is 0 Å². The van der Waals surface area contributed by atoms with E-state index in [2.05, 4.69) is 20.5 Å². The quantitative estimate of drug-likeness (QED) is 0.670. The predicted octanol–water partition coefficient (Wildman–Crippen LogP) is 2.00. The Morgan fingerprint density at radius 2 is 2.11 bits per heavy atom. The van der Waals surface area contributed by atoms with Crippen molar-refractivity contribution < 1.29 is 4.79 Å². The third kappa shape index (κ3) is 3.70. The summed E-state index contributed by atoms with van der Waals surface area (Å²) in [6, 6.07) is 9.42. The summed E-state index contributed by atoms with van der Waals surface area (Å²) in [5.41, 5.74) is 4.86. The molecule has 0 saturated carbocycles. The van der Waals surface area contributed by atoms with E-state index in [1.54, 1.807) is 25.5 Å². The zero-order valence-electron chi connectivity index (χ0n) is 10.6. The molecule has 2 aromatic rings. The van der Waals surface area contributed by atoms with Crippen LogP contribution >= 0.6 is 0 Å². The van der Waals surface area contributed by atoms with Gasteiger partial charge in [0.05, 0.1) is 17.6 Å². The van der Waals surface area contributed by atoms with Crippen molar-refractivity contribution in [1.82, 2.24) is 15.4 Å². The normalized spacial score (nSPS) is 10.6. The van der Waals surface area contributed by atoms with Gasteiger partial charge >= 0.3 is 0 Å². The lowest BCUT2D eigenvalue weighted by Gasteiger charge is -1.99. The summed E-state index contributed by atoms with van der Waals surface area (Å²) in [4.78, 5) is 19.5. The van der Waals surface area contributed by atoms with Crippen LogP contribution in [-0.2, 0) is 4.79 Å². The van der Waals surface area contributed by atoms with Gasteiger partial charge in [0.2, 0.25) is 5.91 Å². The Bertz CT molecular complexity index is 564. The number of rotatable bonds is 4. The molecule has 0 aromatic carbocycles. The van der Waals surface area contributed by atoms with Gasteiger partial charge in [-0.15, -0.1) is 0 Å². The van der Waals surface area contributed by atoms with Crippen LogP contribution in [0.15, 0.2) is 47.8 Å². The van der Waals surface area contributed by atoms with E-state index < -0.39 is 0 Å². The monoisotopic (exact) mass is 254 g/mol. The van der Waals surface area contributed by atoms with Crippen LogP contribution in [0.4, 0.5) is 0 Å². The summed E-state index contributed by atoms with van der Waals surface area (Å²) in [6.45, 7) is 1.77. The smallest absolute Gasteiger partial charge is 0.239 e. The van der Waals surface area contributed by atoms with E-state index in [0.29, 0.717) is 6.42 Å². The van der Waals surface area contributed by atoms with Gasteiger partial charge in [0.1, 0.15) is 0 Å². The van der Waals surface area contributed by atoms with Crippen LogP contribution in [0.5, 0.6) is 0 Å². The first kappa shape index (κ1) is 12.9. The van der Waals surface area contributed by atoms with Gasteiger partial charge in [-0.2, -0.15) is 5.10 Å². The number of amides is 1. The molecule has 5 heteroatoms. The van der Waals surface area contributed by atoms with E-state index >= 15 is 0 Å². The third-order valence-corrected chi connectivity index (χ3v) is 2.44. The van der Waals surface area contributed by atoms with Gasteiger partial charge in [0, 0.05) is 24.4 Å². The maximum Gasteiger partial charge on any atom is 0.239 e. The second kappa shape index (κ2) is 6.39. The van der Waals surface area contributed by atoms with Crippen LogP contribution in [0.1, 0.15) is 18.9 Å². The minimum atomic E-state index is -0.116. The average molecular weight is 254 g/mol. The number of hydrogen-bond acceptors (Lipinski definition) is 4. The fourth-order valence-electron chi connectivity index (χ4n) is 1.41. The number of carbonyl (C=O) groups excluding carboxylic acids is 1. The third-order valence-electron chi connectivity index (χ3n) is 2.44. The number of nitrogens with one attached hydrogen (secondary N) is 1. The molecular formula is C14H14N4O. The summed E-state index contributed by atoms with van der Waals surface area (Å²) < 4.78 is 0. The number of nitrogens with zero attached hydrogens (tertiary/aromatic N) is 3. The Morgan fingerprint density at radius 1 is 1.26 bits per heavy atom. The molecule has 2 heterocycles. The van der Waals surface area contributed by atoms with Crippen molar-refractivity contribution in [3.8, 4) is 11.4 Å². The lowest BCUT2D eigenvalue weighted by atomic mass is 10.2. The van der Waals surface area contributed by atoms with E-state index in [9.17, 15) is 4.79 Å². The van der Waals surface area contributed by atoms with Crippen LogP contribution in [0.3, 0.4) is 0 Å². The number of carbonyl (C=O) groups is 1. The van der Waals surface area contributed by atoms with Crippen molar-refractivity contribution >= 4 is 12.1 Å². The molecular weight excluding hydrogens is 240 g/mol. The molecule has 96 valence electrons. The van der Waals surface area contributed by atoms with Crippen molar-refractivity contribution in [2.24, 2.45) is 5.10 Å².